The predicted octanol–water partition coefficient (Wildman–Crippen LogP) is 1.66. The Morgan fingerprint density at radius 3 is 2.73 bits per heavy atom. The Hall–Kier alpha value is -1.64. The Bertz CT molecular complexity index is 333. The standard InChI is InChI=1S/C12H16N2O/c1-3-4-12(15)14(2)10-7-11-5-8-13-9-6-11/h3-6,8-9H,7,10H2,1-2H3/b4-3+. The molecule has 3 nitrogen and oxygen atoms in total. The summed E-state index contributed by atoms with van der Waals surface area (Å²) in [7, 11) is 1.81. The van der Waals surface area contributed by atoms with E-state index in [1.54, 1.807) is 29.4 Å². The van der Waals surface area contributed by atoms with Gasteiger partial charge in [-0.3, -0.25) is 9.78 Å². The maximum Gasteiger partial charge on any atom is 0.245 e. The van der Waals surface area contributed by atoms with Crippen LogP contribution in [0.5, 0.6) is 0 Å². The SMILES string of the molecule is C/C=C/C(=O)N(C)CCc1ccncc1. The summed E-state index contributed by atoms with van der Waals surface area (Å²) in [6.07, 6.45) is 7.73. The van der Waals surface area contributed by atoms with Gasteiger partial charge in [0.25, 0.3) is 0 Å². The molecule has 0 aliphatic heterocycles. The molecule has 1 aromatic rings. The molecule has 1 amide bonds. The van der Waals surface area contributed by atoms with Crippen LogP contribution in [0.2, 0.25) is 0 Å². The molecule has 1 rings (SSSR count). The molecule has 0 bridgehead atoms. The molecule has 0 spiro atoms. The lowest BCUT2D eigenvalue weighted by Crippen LogP contribution is -2.26. The van der Waals surface area contributed by atoms with Gasteiger partial charge in [-0.05, 0) is 37.1 Å². The second kappa shape index (κ2) is 5.96. The van der Waals surface area contributed by atoms with Crippen molar-refractivity contribution in [1.29, 1.82) is 0 Å². The van der Waals surface area contributed by atoms with E-state index in [-0.39, 0.29) is 5.91 Å². The first-order valence-electron chi connectivity index (χ1n) is 5.00. The minimum atomic E-state index is 0.0477. The molecule has 80 valence electrons. The van der Waals surface area contributed by atoms with Gasteiger partial charge in [0.05, 0.1) is 0 Å². The topological polar surface area (TPSA) is 33.2 Å². The number of carbonyl (C=O) groups is 1. The van der Waals surface area contributed by atoms with Crippen molar-refractivity contribution in [3.05, 3.63) is 42.2 Å². The largest absolute Gasteiger partial charge is 0.342 e. The second-order valence-corrected chi connectivity index (χ2v) is 3.37. The zero-order chi connectivity index (χ0) is 11.1. The molecule has 0 atom stereocenters. The second-order valence-electron chi connectivity index (χ2n) is 3.37. The van der Waals surface area contributed by atoms with Gasteiger partial charge in [-0.25, -0.2) is 0 Å². The van der Waals surface area contributed by atoms with Gasteiger partial charge >= 0.3 is 0 Å². The number of pyridine rings is 1. The van der Waals surface area contributed by atoms with Crippen LogP contribution in [0.15, 0.2) is 36.7 Å². The highest BCUT2D eigenvalue weighted by Gasteiger charge is 2.03. The van der Waals surface area contributed by atoms with Crippen molar-refractivity contribution in [2.24, 2.45) is 0 Å². The van der Waals surface area contributed by atoms with Crippen molar-refractivity contribution in [2.75, 3.05) is 13.6 Å². The first kappa shape index (κ1) is 11.4. The van der Waals surface area contributed by atoms with E-state index in [9.17, 15) is 4.79 Å². The van der Waals surface area contributed by atoms with Gasteiger partial charge in [0.1, 0.15) is 0 Å². The average molecular weight is 204 g/mol. The Labute approximate surface area is 90.4 Å². The van der Waals surface area contributed by atoms with Gasteiger partial charge in [-0.15, -0.1) is 0 Å². The summed E-state index contributed by atoms with van der Waals surface area (Å²) in [6.45, 7) is 2.57. The molecule has 0 unspecified atom stereocenters. The molecule has 0 aliphatic rings. The Balaban J connectivity index is 2.41. The highest BCUT2D eigenvalue weighted by Crippen LogP contribution is 1.99. The summed E-state index contributed by atoms with van der Waals surface area (Å²) in [5.74, 6) is 0.0477. The van der Waals surface area contributed by atoms with Gasteiger partial charge in [0.15, 0.2) is 0 Å². The van der Waals surface area contributed by atoms with Crippen LogP contribution in [0.25, 0.3) is 0 Å². The maximum atomic E-state index is 11.4. The van der Waals surface area contributed by atoms with E-state index < -0.39 is 0 Å². The molecule has 0 aliphatic carbocycles. The van der Waals surface area contributed by atoms with E-state index in [2.05, 4.69) is 4.98 Å². The van der Waals surface area contributed by atoms with Crippen LogP contribution in [0, 0.1) is 0 Å². The van der Waals surface area contributed by atoms with Crippen molar-refractivity contribution < 1.29 is 4.79 Å². The van der Waals surface area contributed by atoms with Crippen LogP contribution < -0.4 is 0 Å². The van der Waals surface area contributed by atoms with Crippen LogP contribution in [-0.4, -0.2) is 29.4 Å². The van der Waals surface area contributed by atoms with E-state index in [0.29, 0.717) is 0 Å². The lowest BCUT2D eigenvalue weighted by Gasteiger charge is -2.14. The number of hydrogen-bond acceptors (Lipinski definition) is 2. The van der Waals surface area contributed by atoms with Gasteiger partial charge in [-0.2, -0.15) is 0 Å². The van der Waals surface area contributed by atoms with Crippen molar-refractivity contribution in [3.8, 4) is 0 Å². The van der Waals surface area contributed by atoms with Crippen LogP contribution >= 0.6 is 0 Å². The monoisotopic (exact) mass is 204 g/mol. The molecule has 0 N–H and O–H groups in total. The zero-order valence-corrected chi connectivity index (χ0v) is 9.18. The van der Waals surface area contributed by atoms with Crippen LogP contribution in [-0.2, 0) is 11.2 Å². The molecular weight excluding hydrogens is 188 g/mol. The van der Waals surface area contributed by atoms with Crippen molar-refractivity contribution >= 4 is 5.91 Å². The summed E-state index contributed by atoms with van der Waals surface area (Å²) in [5.41, 5.74) is 1.20. The molecular formula is C12H16N2O. The molecule has 1 heterocycles. The highest BCUT2D eigenvalue weighted by molar-refractivity contribution is 5.87. The van der Waals surface area contributed by atoms with E-state index in [1.165, 1.54) is 5.56 Å². The fourth-order valence-corrected chi connectivity index (χ4v) is 1.23. The zero-order valence-electron chi connectivity index (χ0n) is 9.18. The smallest absolute Gasteiger partial charge is 0.245 e. The lowest BCUT2D eigenvalue weighted by atomic mass is 10.2. The normalized spacial score (nSPS) is 10.5. The fraction of sp³-hybridized carbons (Fsp3) is 0.333. The van der Waals surface area contributed by atoms with Crippen LogP contribution in [0.4, 0.5) is 0 Å². The molecule has 0 saturated heterocycles. The molecule has 3 heteroatoms. The number of likely N-dealkylation sites (N-methyl/N-ethyl adjacent to an activating group) is 1. The van der Waals surface area contributed by atoms with Crippen molar-refractivity contribution in [2.45, 2.75) is 13.3 Å². The van der Waals surface area contributed by atoms with Crippen LogP contribution in [0.1, 0.15) is 12.5 Å². The fourth-order valence-electron chi connectivity index (χ4n) is 1.23. The third-order valence-electron chi connectivity index (χ3n) is 2.17. The lowest BCUT2D eigenvalue weighted by molar-refractivity contribution is -0.124. The molecule has 1 aromatic heterocycles. The summed E-state index contributed by atoms with van der Waals surface area (Å²) in [6, 6.07) is 3.93. The molecule has 0 radical (unpaired) electrons. The third-order valence-corrected chi connectivity index (χ3v) is 2.17. The van der Waals surface area contributed by atoms with Gasteiger partial charge in [0, 0.05) is 26.0 Å². The summed E-state index contributed by atoms with van der Waals surface area (Å²) < 4.78 is 0. The van der Waals surface area contributed by atoms with Crippen LogP contribution in [0.3, 0.4) is 0 Å². The molecule has 15 heavy (non-hydrogen) atoms. The van der Waals surface area contributed by atoms with Gasteiger partial charge in [-0.1, -0.05) is 6.08 Å². The van der Waals surface area contributed by atoms with E-state index in [0.717, 1.165) is 13.0 Å². The maximum absolute atomic E-state index is 11.4. The summed E-state index contributed by atoms with van der Waals surface area (Å²) in [5, 5.41) is 0. The number of allylic oxidation sites excluding steroid dienone is 1. The Morgan fingerprint density at radius 1 is 1.47 bits per heavy atom. The average Bonchev–Trinajstić information content (AvgIpc) is 2.27. The number of amides is 1. The van der Waals surface area contributed by atoms with Gasteiger partial charge < -0.3 is 4.90 Å². The van der Waals surface area contributed by atoms with E-state index in [1.807, 2.05) is 26.1 Å². The third kappa shape index (κ3) is 3.94. The van der Waals surface area contributed by atoms with Crippen molar-refractivity contribution in [1.82, 2.24) is 9.88 Å². The van der Waals surface area contributed by atoms with E-state index >= 15 is 0 Å². The molecule has 0 saturated carbocycles. The minimum Gasteiger partial charge on any atom is -0.342 e. The summed E-state index contributed by atoms with van der Waals surface area (Å²) >= 11 is 0. The number of carbonyl (C=O) groups excluding carboxylic acids is 1. The van der Waals surface area contributed by atoms with E-state index in [4.69, 9.17) is 0 Å². The number of nitrogens with zero attached hydrogens (tertiary/aromatic N) is 2. The highest BCUT2D eigenvalue weighted by atomic mass is 16.2. The molecule has 0 fully saturated rings. The predicted molar refractivity (Wildman–Crippen MR) is 60.4 cm³/mol. The first-order valence-corrected chi connectivity index (χ1v) is 5.00. The Morgan fingerprint density at radius 2 is 2.13 bits per heavy atom. The number of aromatic nitrogens is 1. The number of rotatable bonds is 4. The Kier molecular flexibility index (Phi) is 4.54. The number of hydrogen-bond donors (Lipinski definition) is 0. The van der Waals surface area contributed by atoms with Gasteiger partial charge in [0.2, 0.25) is 5.91 Å². The summed E-state index contributed by atoms with van der Waals surface area (Å²) in [4.78, 5) is 17.0. The molecule has 0 aromatic carbocycles. The van der Waals surface area contributed by atoms with Crippen molar-refractivity contribution in [3.63, 3.8) is 0 Å². The first-order chi connectivity index (χ1) is 7.24. The minimum absolute atomic E-state index is 0.0477. The quantitative estimate of drug-likeness (QED) is 0.699.